The maximum absolute atomic E-state index is 13.7. The molecule has 0 saturated heterocycles. The molecule has 0 bridgehead atoms. The lowest BCUT2D eigenvalue weighted by Gasteiger charge is -2.63. The van der Waals surface area contributed by atoms with Gasteiger partial charge in [-0.3, -0.25) is 4.79 Å². The number of rotatable bonds is 2. The van der Waals surface area contributed by atoms with Gasteiger partial charge in [-0.05, 0) is 77.2 Å². The first-order valence-corrected chi connectivity index (χ1v) is 12.8. The van der Waals surface area contributed by atoms with Gasteiger partial charge in [-0.25, -0.2) is 0 Å². The second-order valence-corrected chi connectivity index (χ2v) is 14.3. The van der Waals surface area contributed by atoms with Crippen LogP contribution in [0.15, 0.2) is 11.0 Å². The van der Waals surface area contributed by atoms with Crippen LogP contribution in [0, 0.1) is 28.6 Å². The lowest BCUT2D eigenvalue weighted by Crippen LogP contribution is -2.56. The van der Waals surface area contributed by atoms with Gasteiger partial charge in [-0.15, -0.1) is 0 Å². The van der Waals surface area contributed by atoms with Crippen LogP contribution >= 0.6 is 0 Å². The fourth-order valence-corrected chi connectivity index (χ4v) is 9.82. The molecule has 2 nitrogen and oxygen atoms in total. The fraction of sp³-hybridized carbons (Fsp3) is 0.810. The quantitative estimate of drug-likeness (QED) is 0.452. The molecular weight excluding hydrogens is 371 g/mol. The summed E-state index contributed by atoms with van der Waals surface area (Å²) in [7, 11) is 17.4. The van der Waals surface area contributed by atoms with E-state index in [0.29, 0.717) is 35.1 Å². The van der Waals surface area contributed by atoms with Crippen molar-refractivity contribution in [2.75, 3.05) is 0 Å². The van der Waals surface area contributed by atoms with E-state index in [-0.39, 0.29) is 26.5 Å². The molecule has 0 aliphatic heterocycles. The van der Waals surface area contributed by atoms with Crippen LogP contribution in [0.2, 0.25) is 21.5 Å². The minimum absolute atomic E-state index is 0.102. The Morgan fingerprint density at radius 2 is 1.61 bits per heavy atom. The van der Waals surface area contributed by atoms with Gasteiger partial charge < -0.3 is 4.79 Å². The van der Waals surface area contributed by atoms with Crippen molar-refractivity contribution in [1.82, 2.24) is 0 Å². The van der Waals surface area contributed by atoms with Crippen LogP contribution in [-0.2, 0) is 9.59 Å². The van der Waals surface area contributed by atoms with Gasteiger partial charge in [0.2, 0.25) is 0 Å². The van der Waals surface area contributed by atoms with Crippen LogP contribution in [0.3, 0.4) is 0 Å². The minimum atomic E-state index is -0.282. The smallest absolute Gasteiger partial charge is 0.143 e. The first-order valence-electron chi connectivity index (χ1n) is 12.8. The standard InChI is InChI=1S/C21H38B8O2/c1-17-8-20(25,26)15(30)14(23)13(17)12(22)7-9-10(17)3-5-18(2)11(9)4-6-19(18,24)16(31)21(27,28)29/h9-12H,3-8,22-29H2,1-2H3/t9?,10?,11?,12?,17-,18+,19+/m1/s1. The molecule has 0 aromatic rings. The topological polar surface area (TPSA) is 34.1 Å². The molecule has 0 N–H and O–H groups in total. The van der Waals surface area contributed by atoms with Crippen molar-refractivity contribution >= 4 is 74.3 Å². The average molecular weight is 409 g/mol. The molecule has 0 aromatic heterocycles. The molecule has 0 amide bonds. The number of hydrogen-bond donors (Lipinski definition) is 0. The van der Waals surface area contributed by atoms with Crippen molar-refractivity contribution < 1.29 is 9.59 Å². The predicted octanol–water partition coefficient (Wildman–Crippen LogP) is -3.16. The largest absolute Gasteiger partial charge is 0.302 e. The van der Waals surface area contributed by atoms with E-state index in [1.165, 1.54) is 24.8 Å². The second kappa shape index (κ2) is 6.82. The van der Waals surface area contributed by atoms with E-state index in [0.717, 1.165) is 24.7 Å². The van der Waals surface area contributed by atoms with Crippen LogP contribution in [-0.4, -0.2) is 74.3 Å². The van der Waals surface area contributed by atoms with Crippen LogP contribution in [0.1, 0.15) is 52.4 Å². The lowest BCUT2D eigenvalue weighted by molar-refractivity contribution is -0.128. The highest BCUT2D eigenvalue weighted by atomic mass is 16.1. The summed E-state index contributed by atoms with van der Waals surface area (Å²) in [5.41, 5.74) is 2.77. The Morgan fingerprint density at radius 3 is 2.19 bits per heavy atom. The SMILES string of the molecule is BC1=C2C(B)CC3C(CC[C@@]4(C)C3CC[C@]4(B)C(=O)C(B)(B)B)[C@@]2(C)CC(B)(B)C1=O. The van der Waals surface area contributed by atoms with Gasteiger partial charge in [0.25, 0.3) is 0 Å². The van der Waals surface area contributed by atoms with E-state index in [4.69, 9.17) is 0 Å². The van der Waals surface area contributed by atoms with Crippen LogP contribution in [0.25, 0.3) is 0 Å². The van der Waals surface area contributed by atoms with Gasteiger partial charge in [-0.1, -0.05) is 31.0 Å². The number of carbonyl (C=O) groups excluding carboxylic acids is 2. The first-order chi connectivity index (χ1) is 14.0. The zero-order valence-corrected chi connectivity index (χ0v) is 21.9. The number of carbonyl (C=O) groups is 2. The van der Waals surface area contributed by atoms with E-state index in [2.05, 4.69) is 76.6 Å². The van der Waals surface area contributed by atoms with Crippen LogP contribution in [0.5, 0.6) is 0 Å². The molecule has 3 fully saturated rings. The Kier molecular flexibility index (Phi) is 5.22. The zero-order chi connectivity index (χ0) is 23.4. The Hall–Kier alpha value is -0.401. The third kappa shape index (κ3) is 3.01. The molecule has 3 saturated carbocycles. The molecule has 0 radical (unpaired) electrons. The van der Waals surface area contributed by atoms with Crippen LogP contribution in [0.4, 0.5) is 0 Å². The highest BCUT2D eigenvalue weighted by molar-refractivity contribution is 6.70. The summed E-state index contributed by atoms with van der Waals surface area (Å²) in [4.78, 5) is 26.8. The van der Waals surface area contributed by atoms with E-state index in [9.17, 15) is 9.59 Å². The Balaban J connectivity index is 1.77. The van der Waals surface area contributed by atoms with Crippen molar-refractivity contribution in [1.29, 1.82) is 0 Å². The monoisotopic (exact) mass is 410 g/mol. The molecule has 31 heavy (non-hydrogen) atoms. The van der Waals surface area contributed by atoms with E-state index in [1.54, 1.807) is 0 Å². The molecular formula is C21H38B8O2. The Morgan fingerprint density at radius 1 is 1.03 bits per heavy atom. The summed E-state index contributed by atoms with van der Waals surface area (Å²) in [5, 5.41) is -0.758. The third-order valence-electron chi connectivity index (χ3n) is 10.9. The number of fused-ring (bicyclic) bond motifs is 5. The molecule has 4 aliphatic rings. The average Bonchev–Trinajstić information content (AvgIpc) is 2.90. The Labute approximate surface area is 197 Å². The minimum Gasteiger partial charge on any atom is -0.302 e. The summed E-state index contributed by atoms with van der Waals surface area (Å²) in [6.45, 7) is 4.95. The van der Waals surface area contributed by atoms with E-state index in [1.807, 2.05) is 0 Å². The number of ketones is 2. The zero-order valence-electron chi connectivity index (χ0n) is 21.9. The molecule has 158 valence electrons. The highest BCUT2D eigenvalue weighted by Crippen LogP contribution is 2.74. The molecule has 4 rings (SSSR count). The number of Topliss-reactive ketones (excluding diaryl/α,β-unsaturated/α-hetero) is 2. The van der Waals surface area contributed by atoms with Crippen molar-refractivity contribution in [3.05, 3.63) is 11.0 Å². The molecule has 4 unspecified atom stereocenters. The van der Waals surface area contributed by atoms with E-state index < -0.39 is 0 Å². The van der Waals surface area contributed by atoms with Gasteiger partial charge >= 0.3 is 0 Å². The maximum Gasteiger partial charge on any atom is 0.143 e. The summed E-state index contributed by atoms with van der Waals surface area (Å²) in [6, 6.07) is 0. The molecule has 0 aromatic carbocycles. The number of hydrogen-bond acceptors (Lipinski definition) is 2. The lowest BCUT2D eigenvalue weighted by atomic mass is 9.31. The maximum atomic E-state index is 13.7. The molecule has 4 aliphatic carbocycles. The summed E-state index contributed by atoms with van der Waals surface area (Å²) in [5.74, 6) is 3.26. The third-order valence-corrected chi connectivity index (χ3v) is 10.9. The molecule has 0 spiro atoms. The second-order valence-electron chi connectivity index (χ2n) is 14.3. The van der Waals surface area contributed by atoms with Gasteiger partial charge in [0, 0.05) is 5.31 Å². The van der Waals surface area contributed by atoms with E-state index >= 15 is 0 Å². The van der Waals surface area contributed by atoms with Gasteiger partial charge in [0.05, 0.1) is 23.5 Å². The predicted molar refractivity (Wildman–Crippen MR) is 152 cm³/mol. The summed E-state index contributed by atoms with van der Waals surface area (Å²) >= 11 is 0. The van der Waals surface area contributed by atoms with Crippen molar-refractivity contribution in [2.45, 2.75) is 73.8 Å². The number of allylic oxidation sites excluding steroid dienone is 1. The van der Waals surface area contributed by atoms with Gasteiger partial charge in [0.1, 0.15) is 50.8 Å². The van der Waals surface area contributed by atoms with Crippen molar-refractivity contribution in [3.63, 3.8) is 0 Å². The van der Waals surface area contributed by atoms with Crippen molar-refractivity contribution in [2.24, 2.45) is 28.6 Å². The Bertz CT molecular complexity index is 879. The molecule has 10 heteroatoms. The molecule has 0 heterocycles. The normalized spacial score (nSPS) is 46.7. The summed E-state index contributed by atoms with van der Waals surface area (Å²) in [6.07, 6.45) is 6.78. The first kappa shape index (κ1) is 23.7. The summed E-state index contributed by atoms with van der Waals surface area (Å²) < 4.78 is 0. The van der Waals surface area contributed by atoms with Gasteiger partial charge in [-0.2, -0.15) is 0 Å². The van der Waals surface area contributed by atoms with Crippen LogP contribution < -0.4 is 0 Å². The van der Waals surface area contributed by atoms with Crippen molar-refractivity contribution in [3.8, 4) is 0 Å². The van der Waals surface area contributed by atoms with Gasteiger partial charge in [0.15, 0.2) is 0 Å². The molecule has 7 atom stereocenters. The fourth-order valence-electron chi connectivity index (χ4n) is 9.82. The highest BCUT2D eigenvalue weighted by Gasteiger charge is 2.66.